The molecule has 0 aliphatic heterocycles. The third-order valence-corrected chi connectivity index (χ3v) is 4.97. The number of carbonyl (C=O) groups excluding carboxylic acids is 4. The maximum absolute atomic E-state index is 12.8. The van der Waals surface area contributed by atoms with E-state index in [1.54, 1.807) is 13.8 Å². The van der Waals surface area contributed by atoms with Crippen molar-refractivity contribution in [3.63, 3.8) is 0 Å². The minimum absolute atomic E-state index is 0.201. The zero-order valence-corrected chi connectivity index (χ0v) is 17.5. The van der Waals surface area contributed by atoms with Crippen LogP contribution in [0.1, 0.15) is 52.9 Å². The Bertz CT molecular complexity index is 645. The van der Waals surface area contributed by atoms with Crippen molar-refractivity contribution in [2.45, 2.75) is 70.5 Å². The van der Waals surface area contributed by atoms with Gasteiger partial charge < -0.3 is 32.7 Å². The molecular formula is C19H34N6O4. The molecule has 0 saturated heterocycles. The van der Waals surface area contributed by atoms with E-state index in [4.69, 9.17) is 11.5 Å². The van der Waals surface area contributed by atoms with Crippen LogP contribution >= 0.6 is 0 Å². The predicted octanol–water partition coefficient (Wildman–Crippen LogP) is -1.04. The summed E-state index contributed by atoms with van der Waals surface area (Å²) in [5.41, 5.74) is 9.85. The lowest BCUT2D eigenvalue weighted by Gasteiger charge is -2.41. The van der Waals surface area contributed by atoms with Gasteiger partial charge in [-0.05, 0) is 38.0 Å². The van der Waals surface area contributed by atoms with Gasteiger partial charge in [-0.2, -0.15) is 0 Å². The predicted molar refractivity (Wildman–Crippen MR) is 109 cm³/mol. The molecule has 0 aromatic rings. The number of hydrogen-bond donors (Lipinski definition) is 6. The second kappa shape index (κ2) is 10.7. The maximum atomic E-state index is 12.8. The summed E-state index contributed by atoms with van der Waals surface area (Å²) in [5, 5.41) is 10.9. The second-order valence-electron chi connectivity index (χ2n) is 7.87. The van der Waals surface area contributed by atoms with Gasteiger partial charge in [0.2, 0.25) is 23.6 Å². The van der Waals surface area contributed by atoms with Crippen molar-refractivity contribution in [1.29, 1.82) is 0 Å². The lowest BCUT2D eigenvalue weighted by Crippen LogP contribution is -2.65. The number of carbonyl (C=O) groups is 4. The summed E-state index contributed by atoms with van der Waals surface area (Å²) in [6.07, 6.45) is 2.65. The van der Waals surface area contributed by atoms with Crippen LogP contribution < -0.4 is 32.7 Å². The molecule has 8 N–H and O–H groups in total. The molecule has 0 aromatic heterocycles. The number of amides is 4. The summed E-state index contributed by atoms with van der Waals surface area (Å²) in [6.45, 7) is 8.88. The molecule has 0 radical (unpaired) electrons. The third kappa shape index (κ3) is 7.28. The summed E-state index contributed by atoms with van der Waals surface area (Å²) in [5.74, 6) is -1.75. The molecule has 2 atom stereocenters. The van der Waals surface area contributed by atoms with E-state index in [2.05, 4.69) is 27.8 Å². The molecule has 1 aliphatic carbocycles. The van der Waals surface area contributed by atoms with Gasteiger partial charge >= 0.3 is 0 Å². The van der Waals surface area contributed by atoms with E-state index >= 15 is 0 Å². The van der Waals surface area contributed by atoms with E-state index in [0.717, 1.165) is 6.42 Å². The van der Waals surface area contributed by atoms with Crippen LogP contribution in [0.5, 0.6) is 0 Å². The molecule has 29 heavy (non-hydrogen) atoms. The zero-order chi connectivity index (χ0) is 22.2. The van der Waals surface area contributed by atoms with Gasteiger partial charge in [0, 0.05) is 13.5 Å². The molecule has 10 heteroatoms. The summed E-state index contributed by atoms with van der Waals surface area (Å²) in [6, 6.07) is -1.74. The highest BCUT2D eigenvalue weighted by atomic mass is 16.2. The van der Waals surface area contributed by atoms with Gasteiger partial charge in [0.25, 0.3) is 0 Å². The van der Waals surface area contributed by atoms with E-state index in [0.29, 0.717) is 38.0 Å². The van der Waals surface area contributed by atoms with Crippen LogP contribution in [0.4, 0.5) is 0 Å². The van der Waals surface area contributed by atoms with Crippen LogP contribution in [-0.2, 0) is 19.2 Å². The van der Waals surface area contributed by atoms with Gasteiger partial charge in [0.15, 0.2) is 0 Å². The van der Waals surface area contributed by atoms with E-state index in [-0.39, 0.29) is 11.8 Å². The number of primary amides is 1. The van der Waals surface area contributed by atoms with Crippen molar-refractivity contribution >= 4 is 23.6 Å². The summed E-state index contributed by atoms with van der Waals surface area (Å²) in [7, 11) is 0. The van der Waals surface area contributed by atoms with Gasteiger partial charge in [-0.15, -0.1) is 0 Å². The van der Waals surface area contributed by atoms with Crippen LogP contribution in [0.15, 0.2) is 12.4 Å². The molecule has 1 saturated carbocycles. The molecule has 1 fully saturated rings. The minimum Gasteiger partial charge on any atom is -0.386 e. The largest absolute Gasteiger partial charge is 0.386 e. The smallest absolute Gasteiger partial charge is 0.246 e. The highest BCUT2D eigenvalue weighted by Crippen LogP contribution is 2.32. The highest BCUT2D eigenvalue weighted by Gasteiger charge is 2.46. The van der Waals surface area contributed by atoms with Crippen molar-refractivity contribution in [1.82, 2.24) is 21.3 Å². The third-order valence-electron chi connectivity index (χ3n) is 4.97. The lowest BCUT2D eigenvalue weighted by atomic mass is 9.75. The zero-order valence-electron chi connectivity index (χ0n) is 17.5. The Morgan fingerprint density at radius 1 is 1.10 bits per heavy atom. The number of nitrogens with one attached hydrogen (secondary N) is 4. The average Bonchev–Trinajstić information content (AvgIpc) is 2.57. The lowest BCUT2D eigenvalue weighted by molar-refractivity contribution is -0.139. The first-order chi connectivity index (χ1) is 13.5. The number of rotatable bonds is 12. The Hall–Kier alpha value is -2.78. The molecule has 0 spiro atoms. The van der Waals surface area contributed by atoms with Crippen molar-refractivity contribution < 1.29 is 19.2 Å². The summed E-state index contributed by atoms with van der Waals surface area (Å²) in [4.78, 5) is 48.8. The van der Waals surface area contributed by atoms with E-state index in [9.17, 15) is 19.2 Å². The van der Waals surface area contributed by atoms with Gasteiger partial charge in [-0.25, -0.2) is 0 Å². The Balaban J connectivity index is 2.87. The van der Waals surface area contributed by atoms with E-state index in [1.807, 2.05) is 0 Å². The first-order valence-corrected chi connectivity index (χ1v) is 9.86. The number of nitrogens with two attached hydrogens (primary N) is 2. The normalized spacial score (nSPS) is 16.7. The molecule has 0 aromatic carbocycles. The SMILES string of the molecule is C=C(N)NCCC[C@H](NC(=O)C1(NC(C)=O)CCC1)C(=O)N[C@H](C(N)=O)C(C)C. The fourth-order valence-electron chi connectivity index (χ4n) is 3.22. The minimum atomic E-state index is -0.991. The maximum Gasteiger partial charge on any atom is 0.246 e. The monoisotopic (exact) mass is 410 g/mol. The molecule has 10 nitrogen and oxygen atoms in total. The average molecular weight is 411 g/mol. The Kier molecular flexibility index (Phi) is 8.93. The topological polar surface area (TPSA) is 168 Å². The van der Waals surface area contributed by atoms with Crippen LogP contribution in [-0.4, -0.2) is 47.8 Å². The van der Waals surface area contributed by atoms with Crippen LogP contribution in [0.2, 0.25) is 0 Å². The molecule has 0 bridgehead atoms. The Morgan fingerprint density at radius 2 is 1.72 bits per heavy atom. The van der Waals surface area contributed by atoms with Crippen molar-refractivity contribution in [3.05, 3.63) is 12.4 Å². The molecular weight excluding hydrogens is 376 g/mol. The Morgan fingerprint density at radius 3 is 2.14 bits per heavy atom. The van der Waals surface area contributed by atoms with Crippen LogP contribution in [0.3, 0.4) is 0 Å². The quantitative estimate of drug-likeness (QED) is 0.224. The van der Waals surface area contributed by atoms with Gasteiger partial charge in [-0.3, -0.25) is 19.2 Å². The molecule has 1 aliphatic rings. The number of hydrogen-bond acceptors (Lipinski definition) is 6. The second-order valence-corrected chi connectivity index (χ2v) is 7.87. The molecule has 4 amide bonds. The Labute approximate surface area is 171 Å². The van der Waals surface area contributed by atoms with Gasteiger partial charge in [0.05, 0.1) is 5.82 Å². The first-order valence-electron chi connectivity index (χ1n) is 9.86. The summed E-state index contributed by atoms with van der Waals surface area (Å²) < 4.78 is 0. The van der Waals surface area contributed by atoms with E-state index < -0.39 is 35.3 Å². The summed E-state index contributed by atoms with van der Waals surface area (Å²) >= 11 is 0. The van der Waals surface area contributed by atoms with Crippen molar-refractivity contribution in [2.75, 3.05) is 6.54 Å². The van der Waals surface area contributed by atoms with Gasteiger partial charge in [0.1, 0.15) is 17.6 Å². The van der Waals surface area contributed by atoms with Gasteiger partial charge in [-0.1, -0.05) is 20.4 Å². The van der Waals surface area contributed by atoms with Crippen LogP contribution in [0.25, 0.3) is 0 Å². The van der Waals surface area contributed by atoms with Crippen molar-refractivity contribution in [2.24, 2.45) is 17.4 Å². The van der Waals surface area contributed by atoms with Crippen LogP contribution in [0, 0.1) is 5.92 Å². The molecule has 0 heterocycles. The molecule has 1 rings (SSSR count). The standard InChI is InChI=1S/C19H34N6O4/c1-11(2)15(16(21)27)24-17(28)14(7-5-10-22-12(3)20)23-18(29)19(8-6-9-19)25-13(4)26/h11,14-15,22H,3,5-10,20H2,1-2,4H3,(H2,21,27)(H,23,29)(H,24,28)(H,25,26)/t14-,15-/m0/s1. The fourth-order valence-corrected chi connectivity index (χ4v) is 3.22. The molecule has 0 unspecified atom stereocenters. The fraction of sp³-hybridized carbons (Fsp3) is 0.684. The first kappa shape index (κ1) is 24.3. The van der Waals surface area contributed by atoms with E-state index in [1.165, 1.54) is 6.92 Å². The highest BCUT2D eigenvalue weighted by molar-refractivity contribution is 5.96. The van der Waals surface area contributed by atoms with Crippen molar-refractivity contribution in [3.8, 4) is 0 Å². The molecule has 164 valence electrons.